The van der Waals surface area contributed by atoms with Crippen molar-refractivity contribution in [3.8, 4) is 0 Å². The molecule has 0 saturated carbocycles. The molecule has 2 amide bonds. The fourth-order valence-electron chi connectivity index (χ4n) is 5.22. The van der Waals surface area contributed by atoms with E-state index in [9.17, 15) is 18.0 Å². The molecule has 0 saturated heterocycles. The molecule has 242 valence electrons. The van der Waals surface area contributed by atoms with Gasteiger partial charge in [-0.2, -0.15) is 0 Å². The van der Waals surface area contributed by atoms with Gasteiger partial charge in [0.2, 0.25) is 11.8 Å². The Morgan fingerprint density at radius 3 is 2.07 bits per heavy atom. The molecule has 0 bridgehead atoms. The number of hydrogen-bond acceptors (Lipinski definition) is 4. The number of rotatable bonds is 13. The van der Waals surface area contributed by atoms with Gasteiger partial charge in [0.1, 0.15) is 12.6 Å². The summed E-state index contributed by atoms with van der Waals surface area (Å²) < 4.78 is 30.6. The minimum atomic E-state index is -4.16. The second-order valence-corrected chi connectivity index (χ2v) is 14.6. The summed E-state index contributed by atoms with van der Waals surface area (Å²) in [6.45, 7) is 9.20. The van der Waals surface area contributed by atoms with E-state index in [2.05, 4.69) is 21.2 Å². The summed E-state index contributed by atoms with van der Waals surface area (Å²) in [5.74, 6) is -0.776. The average molecular weight is 705 g/mol. The van der Waals surface area contributed by atoms with Gasteiger partial charge in [0, 0.05) is 23.5 Å². The fourth-order valence-corrected chi connectivity index (χ4v) is 6.96. The SMILES string of the molecule is CC[C@@H](C)NC(=O)[C@H](Cc1ccccc1)N(Cc1ccc(Br)cc1)C(=O)CN(c1ccc(C)cc1C)S(=O)(=O)c1ccc(C)cc1. The Hall–Kier alpha value is -3.95. The highest BCUT2D eigenvalue weighted by Crippen LogP contribution is 2.29. The quantitative estimate of drug-likeness (QED) is 0.161. The lowest BCUT2D eigenvalue weighted by atomic mass is 10.0. The molecule has 1 N–H and O–H groups in total. The van der Waals surface area contributed by atoms with Crippen molar-refractivity contribution in [2.45, 2.75) is 71.0 Å². The average Bonchev–Trinajstić information content (AvgIpc) is 3.03. The van der Waals surface area contributed by atoms with Crippen molar-refractivity contribution in [1.82, 2.24) is 10.2 Å². The molecule has 46 heavy (non-hydrogen) atoms. The van der Waals surface area contributed by atoms with Crippen LogP contribution in [-0.4, -0.2) is 43.8 Å². The van der Waals surface area contributed by atoms with Crippen molar-refractivity contribution < 1.29 is 18.0 Å². The molecule has 4 aromatic carbocycles. The Morgan fingerprint density at radius 1 is 0.826 bits per heavy atom. The Labute approximate surface area is 281 Å². The number of carbonyl (C=O) groups is 2. The third-order valence-corrected chi connectivity index (χ3v) is 10.3. The van der Waals surface area contributed by atoms with Gasteiger partial charge >= 0.3 is 0 Å². The van der Waals surface area contributed by atoms with Crippen LogP contribution in [0.15, 0.2) is 106 Å². The van der Waals surface area contributed by atoms with Crippen molar-refractivity contribution in [3.63, 3.8) is 0 Å². The van der Waals surface area contributed by atoms with Crippen molar-refractivity contribution in [2.75, 3.05) is 10.8 Å². The zero-order valence-electron chi connectivity index (χ0n) is 27.0. The lowest BCUT2D eigenvalue weighted by Crippen LogP contribution is -2.54. The Bertz CT molecular complexity index is 1740. The summed E-state index contributed by atoms with van der Waals surface area (Å²) in [6, 6.07) is 28.2. The van der Waals surface area contributed by atoms with Crippen LogP contribution in [0.1, 0.15) is 48.1 Å². The summed E-state index contributed by atoms with van der Waals surface area (Å²) in [6.07, 6.45) is 0.985. The molecular formula is C37H42BrN3O4S. The summed E-state index contributed by atoms with van der Waals surface area (Å²) in [4.78, 5) is 30.2. The van der Waals surface area contributed by atoms with E-state index >= 15 is 0 Å². The van der Waals surface area contributed by atoms with E-state index in [0.717, 1.165) is 38.7 Å². The molecule has 9 heteroatoms. The predicted molar refractivity (Wildman–Crippen MR) is 188 cm³/mol. The smallest absolute Gasteiger partial charge is 0.264 e. The molecule has 0 aromatic heterocycles. The molecule has 0 radical (unpaired) electrons. The van der Waals surface area contributed by atoms with Crippen LogP contribution in [-0.2, 0) is 32.6 Å². The maximum atomic E-state index is 14.6. The van der Waals surface area contributed by atoms with Crippen LogP contribution in [0.2, 0.25) is 0 Å². The molecule has 0 spiro atoms. The van der Waals surface area contributed by atoms with Gasteiger partial charge in [-0.1, -0.05) is 101 Å². The highest BCUT2D eigenvalue weighted by Gasteiger charge is 2.35. The molecule has 0 aliphatic heterocycles. The first-order chi connectivity index (χ1) is 21.9. The van der Waals surface area contributed by atoms with Crippen LogP contribution in [0.4, 0.5) is 5.69 Å². The Morgan fingerprint density at radius 2 is 1.46 bits per heavy atom. The van der Waals surface area contributed by atoms with Crippen molar-refractivity contribution >= 4 is 43.5 Å². The predicted octanol–water partition coefficient (Wildman–Crippen LogP) is 7.12. The highest BCUT2D eigenvalue weighted by molar-refractivity contribution is 9.10. The van der Waals surface area contributed by atoms with Gasteiger partial charge in [-0.3, -0.25) is 13.9 Å². The summed E-state index contributed by atoms with van der Waals surface area (Å²) >= 11 is 3.47. The number of benzene rings is 4. The van der Waals surface area contributed by atoms with Gasteiger partial charge in [0.05, 0.1) is 10.6 Å². The molecule has 2 atom stereocenters. The molecule has 7 nitrogen and oxygen atoms in total. The second-order valence-electron chi connectivity index (χ2n) is 11.8. The minimum absolute atomic E-state index is 0.0840. The lowest BCUT2D eigenvalue weighted by Gasteiger charge is -2.34. The first-order valence-corrected chi connectivity index (χ1v) is 17.7. The molecule has 0 unspecified atom stereocenters. The van der Waals surface area contributed by atoms with E-state index in [1.54, 1.807) is 30.3 Å². The van der Waals surface area contributed by atoms with Crippen molar-refractivity contribution in [1.29, 1.82) is 0 Å². The Balaban J connectivity index is 1.83. The fraction of sp³-hybridized carbons (Fsp3) is 0.297. The largest absolute Gasteiger partial charge is 0.352 e. The van der Waals surface area contributed by atoms with Crippen LogP contribution in [0.25, 0.3) is 0 Å². The number of hydrogen-bond donors (Lipinski definition) is 1. The summed E-state index contributed by atoms with van der Waals surface area (Å²) in [5.41, 5.74) is 4.72. The van der Waals surface area contributed by atoms with E-state index in [4.69, 9.17) is 0 Å². The van der Waals surface area contributed by atoms with Gasteiger partial charge in [0.15, 0.2) is 0 Å². The maximum absolute atomic E-state index is 14.6. The normalized spacial score (nSPS) is 12.7. The van der Waals surface area contributed by atoms with E-state index in [0.29, 0.717) is 5.69 Å². The minimum Gasteiger partial charge on any atom is -0.352 e. The number of amides is 2. The molecule has 0 aliphatic rings. The topological polar surface area (TPSA) is 86.8 Å². The molecule has 0 heterocycles. The Kier molecular flexibility index (Phi) is 11.8. The number of nitrogens with zero attached hydrogens (tertiary/aromatic N) is 2. The van der Waals surface area contributed by atoms with E-state index in [-0.39, 0.29) is 29.8 Å². The van der Waals surface area contributed by atoms with Crippen LogP contribution < -0.4 is 9.62 Å². The zero-order chi connectivity index (χ0) is 33.4. The monoisotopic (exact) mass is 703 g/mol. The third kappa shape index (κ3) is 8.85. The molecule has 4 aromatic rings. The molecule has 0 aliphatic carbocycles. The number of anilines is 1. The van der Waals surface area contributed by atoms with Gasteiger partial charge in [-0.05, 0) is 81.1 Å². The molecule has 0 fully saturated rings. The number of aryl methyl sites for hydroxylation is 3. The molecular weight excluding hydrogens is 662 g/mol. The van der Waals surface area contributed by atoms with E-state index in [1.165, 1.54) is 9.21 Å². The highest BCUT2D eigenvalue weighted by atomic mass is 79.9. The van der Waals surface area contributed by atoms with Crippen molar-refractivity contribution in [3.05, 3.63) is 129 Å². The zero-order valence-corrected chi connectivity index (χ0v) is 29.4. The van der Waals surface area contributed by atoms with Gasteiger partial charge in [0.25, 0.3) is 10.0 Å². The number of carbonyl (C=O) groups excluding carboxylic acids is 2. The lowest BCUT2D eigenvalue weighted by molar-refractivity contribution is -0.140. The second kappa shape index (κ2) is 15.6. The van der Waals surface area contributed by atoms with Crippen LogP contribution in [0.5, 0.6) is 0 Å². The number of sulfonamides is 1. The molecule has 4 rings (SSSR count). The summed E-state index contributed by atoms with van der Waals surface area (Å²) in [5, 5.41) is 3.07. The van der Waals surface area contributed by atoms with Gasteiger partial charge in [-0.25, -0.2) is 8.42 Å². The van der Waals surface area contributed by atoms with E-state index in [1.807, 2.05) is 101 Å². The number of nitrogens with one attached hydrogen (secondary N) is 1. The third-order valence-electron chi connectivity index (χ3n) is 8.05. The van der Waals surface area contributed by atoms with Gasteiger partial charge in [-0.15, -0.1) is 0 Å². The first kappa shape index (κ1) is 34.9. The van der Waals surface area contributed by atoms with Crippen LogP contribution in [0, 0.1) is 20.8 Å². The van der Waals surface area contributed by atoms with Crippen LogP contribution >= 0.6 is 15.9 Å². The maximum Gasteiger partial charge on any atom is 0.264 e. The van der Waals surface area contributed by atoms with E-state index < -0.39 is 28.5 Å². The van der Waals surface area contributed by atoms with Crippen molar-refractivity contribution in [2.24, 2.45) is 0 Å². The number of halogens is 1. The standard InChI is InChI=1S/C37H42BrN3O4S/c1-6-29(5)39-37(43)35(23-30-10-8-7-9-11-30)40(24-31-15-17-32(38)18-16-31)36(42)25-41(34-21-14-27(3)22-28(34)4)46(44,45)33-19-12-26(2)13-20-33/h7-22,29,35H,6,23-25H2,1-5H3,(H,39,43)/t29-,35+/m1/s1. The first-order valence-electron chi connectivity index (χ1n) is 15.4. The van der Waals surface area contributed by atoms with Gasteiger partial charge < -0.3 is 10.2 Å². The van der Waals surface area contributed by atoms with Crippen LogP contribution in [0.3, 0.4) is 0 Å². The summed E-state index contributed by atoms with van der Waals surface area (Å²) in [7, 11) is -4.16.